The molecule has 3 aromatic rings. The Balaban J connectivity index is 1.99. The minimum atomic E-state index is -3.90. The van der Waals surface area contributed by atoms with Gasteiger partial charge in [0.1, 0.15) is 6.54 Å². The summed E-state index contributed by atoms with van der Waals surface area (Å²) >= 11 is 0. The number of hydrogen-bond acceptors (Lipinski definition) is 3. The van der Waals surface area contributed by atoms with E-state index in [1.165, 1.54) is 17.0 Å². The molecule has 6 heteroatoms. The lowest BCUT2D eigenvalue weighted by atomic mass is 10.2. The van der Waals surface area contributed by atoms with Gasteiger partial charge in [0.15, 0.2) is 0 Å². The van der Waals surface area contributed by atoms with Crippen LogP contribution in [0.3, 0.4) is 0 Å². The molecule has 0 saturated heterocycles. The highest BCUT2D eigenvalue weighted by molar-refractivity contribution is 7.92. The molecule has 0 aliphatic rings. The van der Waals surface area contributed by atoms with E-state index >= 15 is 0 Å². The number of amides is 1. The minimum absolute atomic E-state index is 0.145. The van der Waals surface area contributed by atoms with Crippen LogP contribution in [0, 0.1) is 6.92 Å². The summed E-state index contributed by atoms with van der Waals surface area (Å²) in [6.45, 7) is 1.58. The zero-order valence-corrected chi connectivity index (χ0v) is 16.6. The number of benzene rings is 3. The number of aryl methyl sites for hydroxylation is 1. The van der Waals surface area contributed by atoms with E-state index in [2.05, 4.69) is 0 Å². The second kappa shape index (κ2) is 8.27. The highest BCUT2D eigenvalue weighted by Crippen LogP contribution is 2.25. The molecule has 0 heterocycles. The summed E-state index contributed by atoms with van der Waals surface area (Å²) in [7, 11) is -2.26. The van der Waals surface area contributed by atoms with Gasteiger partial charge in [0.25, 0.3) is 10.0 Å². The van der Waals surface area contributed by atoms with Crippen molar-refractivity contribution in [2.75, 3.05) is 22.8 Å². The maximum absolute atomic E-state index is 13.3. The molecule has 0 aliphatic carbocycles. The number of para-hydroxylation sites is 1. The molecule has 0 atom stereocenters. The van der Waals surface area contributed by atoms with E-state index in [9.17, 15) is 13.2 Å². The van der Waals surface area contributed by atoms with Crippen LogP contribution in [0.4, 0.5) is 11.4 Å². The third-order valence-corrected chi connectivity index (χ3v) is 6.21. The summed E-state index contributed by atoms with van der Waals surface area (Å²) in [6.07, 6.45) is 0. The zero-order chi connectivity index (χ0) is 20.1. The number of nitrogens with zero attached hydrogens (tertiary/aromatic N) is 2. The molecule has 0 aliphatic heterocycles. The van der Waals surface area contributed by atoms with Gasteiger partial charge in [-0.15, -0.1) is 0 Å². The highest BCUT2D eigenvalue weighted by Gasteiger charge is 2.28. The van der Waals surface area contributed by atoms with Crippen molar-refractivity contribution in [1.82, 2.24) is 0 Å². The third kappa shape index (κ3) is 4.23. The van der Waals surface area contributed by atoms with E-state index in [0.717, 1.165) is 9.87 Å². The van der Waals surface area contributed by atoms with Crippen molar-refractivity contribution in [3.8, 4) is 0 Å². The molecule has 144 valence electrons. The van der Waals surface area contributed by atoms with Crippen molar-refractivity contribution in [3.63, 3.8) is 0 Å². The largest absolute Gasteiger partial charge is 0.314 e. The van der Waals surface area contributed by atoms with Crippen LogP contribution in [0.25, 0.3) is 0 Å². The SMILES string of the molecule is Cc1cccc(N(CC(=O)N(C)c2ccccc2)S(=O)(=O)c2ccccc2)c1. The van der Waals surface area contributed by atoms with Gasteiger partial charge in [0, 0.05) is 12.7 Å². The zero-order valence-electron chi connectivity index (χ0n) is 15.8. The van der Waals surface area contributed by atoms with Crippen molar-refractivity contribution in [2.24, 2.45) is 0 Å². The Bertz CT molecular complexity index is 1050. The molecule has 0 fully saturated rings. The highest BCUT2D eigenvalue weighted by atomic mass is 32.2. The van der Waals surface area contributed by atoms with Crippen molar-refractivity contribution in [1.29, 1.82) is 0 Å². The molecule has 0 N–H and O–H groups in total. The molecule has 0 radical (unpaired) electrons. The Morgan fingerprint density at radius 2 is 1.39 bits per heavy atom. The van der Waals surface area contributed by atoms with Gasteiger partial charge >= 0.3 is 0 Å². The average molecular weight is 394 g/mol. The summed E-state index contributed by atoms with van der Waals surface area (Å²) in [6, 6.07) is 24.4. The number of sulfonamides is 1. The van der Waals surface area contributed by atoms with Gasteiger partial charge in [-0.2, -0.15) is 0 Å². The summed E-state index contributed by atoms with van der Waals surface area (Å²) in [5, 5.41) is 0. The second-order valence-corrected chi connectivity index (χ2v) is 8.31. The van der Waals surface area contributed by atoms with Crippen molar-refractivity contribution in [3.05, 3.63) is 90.5 Å². The molecule has 0 unspecified atom stereocenters. The fourth-order valence-electron chi connectivity index (χ4n) is 2.84. The van der Waals surface area contributed by atoms with E-state index in [4.69, 9.17) is 0 Å². The fraction of sp³-hybridized carbons (Fsp3) is 0.136. The predicted octanol–water partition coefficient (Wildman–Crippen LogP) is 3.85. The van der Waals surface area contributed by atoms with Crippen LogP contribution in [-0.2, 0) is 14.8 Å². The maximum Gasteiger partial charge on any atom is 0.264 e. The van der Waals surface area contributed by atoms with Crippen molar-refractivity contribution in [2.45, 2.75) is 11.8 Å². The van der Waals surface area contributed by atoms with Crippen LogP contribution in [-0.4, -0.2) is 27.9 Å². The summed E-state index contributed by atoms with van der Waals surface area (Å²) in [5.41, 5.74) is 2.07. The lowest BCUT2D eigenvalue weighted by Crippen LogP contribution is -2.41. The normalized spacial score (nSPS) is 11.1. The lowest BCUT2D eigenvalue weighted by Gasteiger charge is -2.27. The molecule has 3 rings (SSSR count). The number of likely N-dealkylation sites (N-methyl/N-ethyl adjacent to an activating group) is 1. The van der Waals surface area contributed by atoms with Crippen LogP contribution in [0.5, 0.6) is 0 Å². The number of anilines is 2. The predicted molar refractivity (Wildman–Crippen MR) is 112 cm³/mol. The summed E-state index contributed by atoms with van der Waals surface area (Å²) in [5.74, 6) is -0.327. The van der Waals surface area contributed by atoms with Crippen LogP contribution >= 0.6 is 0 Å². The molecule has 0 spiro atoms. The molecule has 28 heavy (non-hydrogen) atoms. The molecule has 3 aromatic carbocycles. The molecular weight excluding hydrogens is 372 g/mol. The Morgan fingerprint density at radius 1 is 0.821 bits per heavy atom. The quantitative estimate of drug-likeness (QED) is 0.638. The standard InChI is InChI=1S/C22H22N2O3S/c1-18-10-9-13-20(16-18)24(28(26,27)21-14-7-4-8-15-21)17-22(25)23(2)19-11-5-3-6-12-19/h3-16H,17H2,1-2H3. The second-order valence-electron chi connectivity index (χ2n) is 6.45. The van der Waals surface area contributed by atoms with Gasteiger partial charge in [-0.05, 0) is 48.9 Å². The summed E-state index contributed by atoms with van der Waals surface area (Å²) < 4.78 is 27.8. The molecule has 0 bridgehead atoms. The smallest absolute Gasteiger partial charge is 0.264 e. The molecule has 0 saturated carbocycles. The molecule has 1 amide bonds. The van der Waals surface area contributed by atoms with E-state index in [-0.39, 0.29) is 17.3 Å². The maximum atomic E-state index is 13.3. The van der Waals surface area contributed by atoms with Crippen molar-refractivity contribution < 1.29 is 13.2 Å². The first kappa shape index (κ1) is 19.6. The lowest BCUT2D eigenvalue weighted by molar-refractivity contribution is -0.116. The van der Waals surface area contributed by atoms with Crippen LogP contribution < -0.4 is 9.21 Å². The average Bonchev–Trinajstić information content (AvgIpc) is 2.72. The minimum Gasteiger partial charge on any atom is -0.314 e. The monoisotopic (exact) mass is 394 g/mol. The number of rotatable bonds is 6. The van der Waals surface area contributed by atoms with Crippen LogP contribution in [0.1, 0.15) is 5.56 Å². The number of hydrogen-bond donors (Lipinski definition) is 0. The van der Waals surface area contributed by atoms with Crippen LogP contribution in [0.15, 0.2) is 89.8 Å². The van der Waals surface area contributed by atoms with E-state index in [0.29, 0.717) is 11.4 Å². The molecule has 0 aromatic heterocycles. The van der Waals surface area contributed by atoms with Gasteiger partial charge in [-0.25, -0.2) is 8.42 Å². The Kier molecular flexibility index (Phi) is 5.80. The van der Waals surface area contributed by atoms with Gasteiger partial charge in [-0.1, -0.05) is 48.5 Å². The first-order valence-electron chi connectivity index (χ1n) is 8.85. The van der Waals surface area contributed by atoms with Crippen LogP contribution in [0.2, 0.25) is 0 Å². The number of carbonyl (C=O) groups is 1. The van der Waals surface area contributed by atoms with E-state index in [1.54, 1.807) is 55.6 Å². The first-order chi connectivity index (χ1) is 13.4. The third-order valence-electron chi connectivity index (χ3n) is 4.42. The van der Waals surface area contributed by atoms with E-state index < -0.39 is 10.0 Å². The Morgan fingerprint density at radius 3 is 2.00 bits per heavy atom. The fourth-order valence-corrected chi connectivity index (χ4v) is 4.27. The molecule has 5 nitrogen and oxygen atoms in total. The first-order valence-corrected chi connectivity index (χ1v) is 10.3. The van der Waals surface area contributed by atoms with Crippen molar-refractivity contribution >= 4 is 27.3 Å². The number of carbonyl (C=O) groups excluding carboxylic acids is 1. The molecular formula is C22H22N2O3S. The van der Waals surface area contributed by atoms with Gasteiger partial charge in [-0.3, -0.25) is 9.10 Å². The van der Waals surface area contributed by atoms with Gasteiger partial charge in [0.05, 0.1) is 10.6 Å². The Hall–Kier alpha value is -3.12. The topological polar surface area (TPSA) is 57.7 Å². The van der Waals surface area contributed by atoms with Gasteiger partial charge in [0.2, 0.25) is 5.91 Å². The van der Waals surface area contributed by atoms with E-state index in [1.807, 2.05) is 31.2 Å². The van der Waals surface area contributed by atoms with Gasteiger partial charge < -0.3 is 4.90 Å². The Labute approximate surface area is 165 Å². The summed E-state index contributed by atoms with van der Waals surface area (Å²) in [4.78, 5) is 14.5.